The van der Waals surface area contributed by atoms with E-state index in [9.17, 15) is 4.79 Å². The number of hydrogen-bond donors (Lipinski definition) is 2. The molecular weight excluding hydrogens is 218 g/mol. The molecule has 0 aliphatic carbocycles. The van der Waals surface area contributed by atoms with Gasteiger partial charge in [-0.2, -0.15) is 0 Å². The molecule has 0 saturated carbocycles. The third kappa shape index (κ3) is 5.17. The van der Waals surface area contributed by atoms with Gasteiger partial charge in [0.05, 0.1) is 6.61 Å². The Morgan fingerprint density at radius 1 is 1.53 bits per heavy atom. The molecule has 1 aromatic carbocycles. The summed E-state index contributed by atoms with van der Waals surface area (Å²) < 4.78 is 5.04. The van der Waals surface area contributed by atoms with E-state index in [-0.39, 0.29) is 0 Å². The van der Waals surface area contributed by atoms with E-state index in [1.807, 2.05) is 24.3 Å². The molecule has 0 unspecified atom stereocenters. The minimum atomic E-state index is -0.919. The predicted octanol–water partition coefficient (Wildman–Crippen LogP) is 2.28. The normalized spacial score (nSPS) is 11.3. The molecule has 0 aliphatic heterocycles. The molecule has 0 heterocycles. The van der Waals surface area contributed by atoms with Gasteiger partial charge in [0.2, 0.25) is 0 Å². The fourth-order valence-electron chi connectivity index (χ4n) is 1.44. The van der Waals surface area contributed by atoms with Crippen molar-refractivity contribution in [2.45, 2.75) is 13.5 Å². The van der Waals surface area contributed by atoms with E-state index in [4.69, 9.17) is 9.84 Å². The SMILES string of the molecule is COCc1cccc(NC/C(C)=C/C(=O)O)c1. The van der Waals surface area contributed by atoms with Crippen molar-refractivity contribution in [2.75, 3.05) is 19.0 Å². The maximum Gasteiger partial charge on any atom is 0.328 e. The largest absolute Gasteiger partial charge is 0.478 e. The first-order chi connectivity index (χ1) is 8.11. The average Bonchev–Trinajstić information content (AvgIpc) is 2.26. The van der Waals surface area contributed by atoms with Crippen LogP contribution in [0.3, 0.4) is 0 Å². The summed E-state index contributed by atoms with van der Waals surface area (Å²) in [5.74, 6) is -0.919. The van der Waals surface area contributed by atoms with Gasteiger partial charge in [0, 0.05) is 25.4 Å². The fraction of sp³-hybridized carbons (Fsp3) is 0.308. The van der Waals surface area contributed by atoms with Crippen molar-refractivity contribution in [1.82, 2.24) is 0 Å². The molecule has 0 saturated heterocycles. The standard InChI is InChI=1S/C13H17NO3/c1-10(6-13(15)16)8-14-12-5-3-4-11(7-12)9-17-2/h3-7,14H,8-9H2,1-2H3,(H,15,16)/b10-6+. The van der Waals surface area contributed by atoms with Crippen LogP contribution in [0.15, 0.2) is 35.9 Å². The van der Waals surface area contributed by atoms with Crippen LogP contribution in [0.25, 0.3) is 0 Å². The zero-order valence-corrected chi connectivity index (χ0v) is 10.1. The Morgan fingerprint density at radius 2 is 2.29 bits per heavy atom. The molecule has 4 heteroatoms. The van der Waals surface area contributed by atoms with Gasteiger partial charge >= 0.3 is 5.97 Å². The van der Waals surface area contributed by atoms with Gasteiger partial charge < -0.3 is 15.2 Å². The number of methoxy groups -OCH3 is 1. The zero-order chi connectivity index (χ0) is 12.7. The van der Waals surface area contributed by atoms with E-state index in [0.29, 0.717) is 13.2 Å². The van der Waals surface area contributed by atoms with Crippen LogP contribution in [-0.2, 0) is 16.1 Å². The van der Waals surface area contributed by atoms with E-state index in [2.05, 4.69) is 5.32 Å². The summed E-state index contributed by atoms with van der Waals surface area (Å²) in [5, 5.41) is 11.7. The van der Waals surface area contributed by atoms with Crippen molar-refractivity contribution in [3.8, 4) is 0 Å². The maximum absolute atomic E-state index is 10.4. The van der Waals surface area contributed by atoms with Gasteiger partial charge in [0.25, 0.3) is 0 Å². The molecule has 0 atom stereocenters. The molecule has 0 bridgehead atoms. The topological polar surface area (TPSA) is 58.6 Å². The van der Waals surface area contributed by atoms with Crippen LogP contribution < -0.4 is 5.32 Å². The molecule has 92 valence electrons. The lowest BCUT2D eigenvalue weighted by Gasteiger charge is -2.08. The molecule has 2 N–H and O–H groups in total. The van der Waals surface area contributed by atoms with Crippen molar-refractivity contribution in [3.63, 3.8) is 0 Å². The highest BCUT2D eigenvalue weighted by atomic mass is 16.5. The fourth-order valence-corrected chi connectivity index (χ4v) is 1.44. The Balaban J connectivity index is 2.57. The molecule has 0 fully saturated rings. The third-order valence-corrected chi connectivity index (χ3v) is 2.18. The molecule has 4 nitrogen and oxygen atoms in total. The summed E-state index contributed by atoms with van der Waals surface area (Å²) in [6.07, 6.45) is 1.20. The summed E-state index contributed by atoms with van der Waals surface area (Å²) in [6, 6.07) is 7.84. The number of benzene rings is 1. The molecule has 1 aromatic rings. The van der Waals surface area contributed by atoms with Crippen LogP contribution in [0.1, 0.15) is 12.5 Å². The highest BCUT2D eigenvalue weighted by Crippen LogP contribution is 2.11. The van der Waals surface area contributed by atoms with Crippen LogP contribution in [0.2, 0.25) is 0 Å². The number of aliphatic carboxylic acids is 1. The molecule has 0 amide bonds. The first kappa shape index (κ1) is 13.3. The summed E-state index contributed by atoms with van der Waals surface area (Å²) >= 11 is 0. The quantitative estimate of drug-likeness (QED) is 0.743. The Hall–Kier alpha value is -1.81. The molecule has 0 spiro atoms. The Morgan fingerprint density at radius 3 is 2.94 bits per heavy atom. The summed E-state index contributed by atoms with van der Waals surface area (Å²) in [5.41, 5.74) is 2.81. The van der Waals surface area contributed by atoms with Crippen LogP contribution in [0, 0.1) is 0 Å². The van der Waals surface area contributed by atoms with E-state index in [1.165, 1.54) is 6.08 Å². The minimum absolute atomic E-state index is 0.517. The maximum atomic E-state index is 10.4. The Bertz CT molecular complexity index is 413. The Labute approximate surface area is 101 Å². The minimum Gasteiger partial charge on any atom is -0.478 e. The van der Waals surface area contributed by atoms with Gasteiger partial charge in [0.15, 0.2) is 0 Å². The second-order valence-corrected chi connectivity index (χ2v) is 3.82. The van der Waals surface area contributed by atoms with E-state index in [1.54, 1.807) is 14.0 Å². The first-order valence-corrected chi connectivity index (χ1v) is 5.33. The number of rotatable bonds is 6. The smallest absolute Gasteiger partial charge is 0.328 e. The lowest BCUT2D eigenvalue weighted by atomic mass is 10.2. The third-order valence-electron chi connectivity index (χ3n) is 2.18. The van der Waals surface area contributed by atoms with Crippen LogP contribution in [0.4, 0.5) is 5.69 Å². The zero-order valence-electron chi connectivity index (χ0n) is 10.1. The number of nitrogens with one attached hydrogen (secondary N) is 1. The number of hydrogen-bond acceptors (Lipinski definition) is 3. The Kier molecular flexibility index (Phi) is 5.23. The number of ether oxygens (including phenoxy) is 1. The molecule has 0 radical (unpaired) electrons. The highest BCUT2D eigenvalue weighted by molar-refractivity contribution is 5.80. The van der Waals surface area contributed by atoms with Gasteiger partial charge in [-0.3, -0.25) is 0 Å². The molecule has 0 aliphatic rings. The average molecular weight is 235 g/mol. The number of carboxylic acid groups (broad SMARTS) is 1. The van der Waals surface area contributed by atoms with Crippen LogP contribution in [-0.4, -0.2) is 24.7 Å². The van der Waals surface area contributed by atoms with Crippen molar-refractivity contribution < 1.29 is 14.6 Å². The second kappa shape index (κ2) is 6.70. The van der Waals surface area contributed by atoms with Gasteiger partial charge in [-0.1, -0.05) is 12.1 Å². The van der Waals surface area contributed by atoms with Crippen molar-refractivity contribution in [3.05, 3.63) is 41.5 Å². The van der Waals surface area contributed by atoms with Crippen molar-refractivity contribution in [1.29, 1.82) is 0 Å². The monoisotopic (exact) mass is 235 g/mol. The van der Waals surface area contributed by atoms with Gasteiger partial charge in [-0.15, -0.1) is 0 Å². The number of carbonyl (C=O) groups is 1. The first-order valence-electron chi connectivity index (χ1n) is 5.33. The summed E-state index contributed by atoms with van der Waals surface area (Å²) in [7, 11) is 1.65. The van der Waals surface area contributed by atoms with E-state index >= 15 is 0 Å². The van der Waals surface area contributed by atoms with Crippen molar-refractivity contribution in [2.24, 2.45) is 0 Å². The molecule has 17 heavy (non-hydrogen) atoms. The lowest BCUT2D eigenvalue weighted by molar-refractivity contribution is -0.131. The van der Waals surface area contributed by atoms with Gasteiger partial charge in [0.1, 0.15) is 0 Å². The predicted molar refractivity (Wildman–Crippen MR) is 67.0 cm³/mol. The lowest BCUT2D eigenvalue weighted by Crippen LogP contribution is -2.05. The summed E-state index contributed by atoms with van der Waals surface area (Å²) in [6.45, 7) is 2.86. The molecule has 1 rings (SSSR count). The molecular formula is C13H17NO3. The van der Waals surface area contributed by atoms with Crippen molar-refractivity contribution >= 4 is 11.7 Å². The number of anilines is 1. The van der Waals surface area contributed by atoms with Crippen LogP contribution >= 0.6 is 0 Å². The number of carboxylic acids is 1. The van der Waals surface area contributed by atoms with Gasteiger partial charge in [-0.05, 0) is 30.2 Å². The second-order valence-electron chi connectivity index (χ2n) is 3.82. The molecule has 0 aromatic heterocycles. The highest BCUT2D eigenvalue weighted by Gasteiger charge is 1.97. The summed E-state index contributed by atoms with van der Waals surface area (Å²) in [4.78, 5) is 10.4. The van der Waals surface area contributed by atoms with Crippen LogP contribution in [0.5, 0.6) is 0 Å². The van der Waals surface area contributed by atoms with Gasteiger partial charge in [-0.25, -0.2) is 4.79 Å². The van der Waals surface area contributed by atoms with E-state index < -0.39 is 5.97 Å². The van der Waals surface area contributed by atoms with E-state index in [0.717, 1.165) is 16.8 Å².